The van der Waals surface area contributed by atoms with Gasteiger partial charge in [0.25, 0.3) is 0 Å². The number of nitrogens with zero attached hydrogens (tertiary/aromatic N) is 4. The number of aryl methyl sites for hydroxylation is 1. The molecule has 8 nitrogen and oxygen atoms in total. The van der Waals surface area contributed by atoms with Crippen LogP contribution in [-0.4, -0.2) is 59.9 Å². The average molecular weight is 630 g/mol. The first-order valence-corrected chi connectivity index (χ1v) is 15.3. The van der Waals surface area contributed by atoms with E-state index in [1.807, 2.05) is 58.0 Å². The van der Waals surface area contributed by atoms with E-state index in [0.717, 1.165) is 48.6 Å². The Morgan fingerprint density at radius 1 is 1.12 bits per heavy atom. The maximum Gasteiger partial charge on any atom is 0.337 e. The van der Waals surface area contributed by atoms with E-state index in [-0.39, 0.29) is 5.41 Å². The number of carboxylic acid groups (broad SMARTS) is 1. The van der Waals surface area contributed by atoms with Crippen LogP contribution in [-0.2, 0) is 9.53 Å². The standard InChI is InChI=1S/C33H42Cl2N4O4/c1-21-28(30(31(40)41)43-32(2,3)4)29(39-14-12-33(5,6)13-15-39)24(20-36-21)26-10-9-23(19-37-26)38(7)16-17-42-27-11-8-22(34)18-25(27)35/h8-11,18-20,30H,12-17H2,1-7H3,(H,40,41)/t30-/m0/s1. The highest BCUT2D eigenvalue weighted by Crippen LogP contribution is 2.43. The molecule has 0 saturated carbocycles. The van der Waals surface area contributed by atoms with Gasteiger partial charge in [-0.2, -0.15) is 0 Å². The molecule has 0 aliphatic carbocycles. The van der Waals surface area contributed by atoms with Gasteiger partial charge in [0.1, 0.15) is 12.4 Å². The zero-order valence-electron chi connectivity index (χ0n) is 26.1. The molecule has 43 heavy (non-hydrogen) atoms. The molecule has 2 aromatic heterocycles. The zero-order chi connectivity index (χ0) is 31.5. The minimum absolute atomic E-state index is 0.222. The molecule has 0 bridgehead atoms. The van der Waals surface area contributed by atoms with Crippen LogP contribution >= 0.6 is 23.2 Å². The normalized spacial score (nSPS) is 15.7. The van der Waals surface area contributed by atoms with Crippen molar-refractivity contribution in [2.24, 2.45) is 5.41 Å². The molecule has 4 rings (SSSR count). The molecule has 1 aliphatic rings. The summed E-state index contributed by atoms with van der Waals surface area (Å²) in [6.07, 6.45) is 4.43. The molecule has 10 heteroatoms. The Kier molecular flexibility index (Phi) is 10.1. The lowest BCUT2D eigenvalue weighted by molar-refractivity contribution is -0.160. The summed E-state index contributed by atoms with van der Waals surface area (Å²) < 4.78 is 12.0. The van der Waals surface area contributed by atoms with Gasteiger partial charge in [-0.05, 0) is 76.3 Å². The number of likely N-dealkylation sites (N-methyl/N-ethyl adjacent to an activating group) is 1. The van der Waals surface area contributed by atoms with E-state index in [9.17, 15) is 9.90 Å². The molecule has 1 fully saturated rings. The van der Waals surface area contributed by atoms with E-state index in [0.29, 0.717) is 40.2 Å². The van der Waals surface area contributed by atoms with Gasteiger partial charge in [0.05, 0.1) is 40.4 Å². The van der Waals surface area contributed by atoms with Crippen molar-refractivity contribution in [3.8, 4) is 17.0 Å². The lowest BCUT2D eigenvalue weighted by Gasteiger charge is -2.40. The molecule has 0 amide bonds. The quantitative estimate of drug-likeness (QED) is 0.243. The SMILES string of the molecule is Cc1ncc(-c2ccc(N(C)CCOc3ccc(Cl)cc3Cl)cn2)c(N2CCC(C)(C)CC2)c1[C@H](OC(C)(C)C)C(=O)O. The van der Waals surface area contributed by atoms with Crippen molar-refractivity contribution in [3.05, 3.63) is 64.0 Å². The molecule has 3 heterocycles. The number of carbonyl (C=O) groups is 1. The second kappa shape index (κ2) is 13.3. The fraction of sp³-hybridized carbons (Fsp3) is 0.485. The largest absolute Gasteiger partial charge is 0.490 e. The van der Waals surface area contributed by atoms with Gasteiger partial charge in [-0.3, -0.25) is 9.97 Å². The van der Waals surface area contributed by atoms with Crippen molar-refractivity contribution in [1.29, 1.82) is 0 Å². The average Bonchev–Trinajstić information content (AvgIpc) is 2.92. The second-order valence-corrected chi connectivity index (χ2v) is 13.7. The van der Waals surface area contributed by atoms with Gasteiger partial charge in [0, 0.05) is 48.2 Å². The highest BCUT2D eigenvalue weighted by molar-refractivity contribution is 6.35. The number of halogens is 2. The van der Waals surface area contributed by atoms with Crippen LogP contribution in [0.2, 0.25) is 10.0 Å². The molecule has 0 radical (unpaired) electrons. The summed E-state index contributed by atoms with van der Waals surface area (Å²) in [4.78, 5) is 26.4. The summed E-state index contributed by atoms with van der Waals surface area (Å²) in [6, 6.07) is 9.11. The molecule has 0 spiro atoms. The van der Waals surface area contributed by atoms with Gasteiger partial charge in [-0.15, -0.1) is 0 Å². The summed E-state index contributed by atoms with van der Waals surface area (Å²) in [6.45, 7) is 14.6. The molecule has 1 N–H and O–H groups in total. The van der Waals surface area contributed by atoms with Gasteiger partial charge in [0.2, 0.25) is 0 Å². The maximum atomic E-state index is 12.6. The lowest BCUT2D eigenvalue weighted by atomic mass is 9.82. The second-order valence-electron chi connectivity index (χ2n) is 12.9. The number of hydrogen-bond acceptors (Lipinski definition) is 7. The van der Waals surface area contributed by atoms with Crippen molar-refractivity contribution in [1.82, 2.24) is 9.97 Å². The predicted octanol–water partition coefficient (Wildman–Crippen LogP) is 7.84. The monoisotopic (exact) mass is 628 g/mol. The Morgan fingerprint density at radius 2 is 1.81 bits per heavy atom. The third-order valence-electron chi connectivity index (χ3n) is 7.72. The van der Waals surface area contributed by atoms with Crippen LogP contribution in [0.5, 0.6) is 5.75 Å². The molecular weight excluding hydrogens is 587 g/mol. The third kappa shape index (κ3) is 8.31. The van der Waals surface area contributed by atoms with Gasteiger partial charge in [0.15, 0.2) is 6.10 Å². The van der Waals surface area contributed by atoms with E-state index in [1.165, 1.54) is 0 Å². The number of ether oxygens (including phenoxy) is 2. The smallest absolute Gasteiger partial charge is 0.337 e. The van der Waals surface area contributed by atoms with Crippen molar-refractivity contribution in [3.63, 3.8) is 0 Å². The number of aromatic nitrogens is 2. The van der Waals surface area contributed by atoms with Crippen LogP contribution in [0.4, 0.5) is 11.4 Å². The fourth-order valence-corrected chi connectivity index (χ4v) is 5.62. The van der Waals surface area contributed by atoms with Crippen molar-refractivity contribution < 1.29 is 19.4 Å². The molecular formula is C33H42Cl2N4O4. The van der Waals surface area contributed by atoms with E-state index >= 15 is 0 Å². The fourth-order valence-electron chi connectivity index (χ4n) is 5.16. The van der Waals surface area contributed by atoms with Gasteiger partial charge in [-0.25, -0.2) is 4.79 Å². The summed E-state index contributed by atoms with van der Waals surface area (Å²) in [5.41, 5.74) is 4.03. The van der Waals surface area contributed by atoms with Crippen LogP contribution in [0.3, 0.4) is 0 Å². The first kappa shape index (κ1) is 32.8. The Bertz CT molecular complexity index is 1430. The minimum Gasteiger partial charge on any atom is -0.490 e. The van der Waals surface area contributed by atoms with E-state index in [1.54, 1.807) is 24.4 Å². The van der Waals surface area contributed by atoms with Crippen LogP contribution in [0.15, 0.2) is 42.7 Å². The molecule has 0 unspecified atom stereocenters. The third-order valence-corrected chi connectivity index (χ3v) is 8.25. The molecule has 1 aromatic carbocycles. The zero-order valence-corrected chi connectivity index (χ0v) is 27.6. The minimum atomic E-state index is -1.17. The number of hydrogen-bond donors (Lipinski definition) is 1. The van der Waals surface area contributed by atoms with E-state index < -0.39 is 17.7 Å². The predicted molar refractivity (Wildman–Crippen MR) is 174 cm³/mol. The summed E-state index contributed by atoms with van der Waals surface area (Å²) in [5, 5.41) is 11.4. The Labute approximate surface area is 264 Å². The molecule has 1 saturated heterocycles. The summed E-state index contributed by atoms with van der Waals surface area (Å²) in [7, 11) is 1.97. The summed E-state index contributed by atoms with van der Waals surface area (Å²) in [5.74, 6) is -0.457. The van der Waals surface area contributed by atoms with Crippen molar-refractivity contribution in [2.45, 2.75) is 66.1 Å². The number of aliphatic carboxylic acids is 1. The molecule has 232 valence electrons. The molecule has 3 aromatic rings. The lowest BCUT2D eigenvalue weighted by Crippen LogP contribution is -2.39. The van der Waals surface area contributed by atoms with E-state index in [2.05, 4.69) is 23.7 Å². The number of carboxylic acids is 1. The number of piperidine rings is 1. The Morgan fingerprint density at radius 3 is 2.40 bits per heavy atom. The summed E-state index contributed by atoms with van der Waals surface area (Å²) >= 11 is 12.2. The Balaban J connectivity index is 1.64. The van der Waals surface area contributed by atoms with Crippen LogP contribution in [0, 0.1) is 12.3 Å². The van der Waals surface area contributed by atoms with Crippen LogP contribution < -0.4 is 14.5 Å². The first-order chi connectivity index (χ1) is 20.1. The highest BCUT2D eigenvalue weighted by Gasteiger charge is 2.36. The Hall–Kier alpha value is -3.07. The van der Waals surface area contributed by atoms with Gasteiger partial charge in [-0.1, -0.05) is 37.0 Å². The highest BCUT2D eigenvalue weighted by atomic mass is 35.5. The number of benzene rings is 1. The van der Waals surface area contributed by atoms with Crippen LogP contribution in [0.1, 0.15) is 64.8 Å². The number of pyridine rings is 2. The number of anilines is 2. The number of rotatable bonds is 10. The topological polar surface area (TPSA) is 88.0 Å². The van der Waals surface area contributed by atoms with Crippen molar-refractivity contribution >= 4 is 40.5 Å². The van der Waals surface area contributed by atoms with Crippen LogP contribution in [0.25, 0.3) is 11.3 Å². The molecule has 1 atom stereocenters. The van der Waals surface area contributed by atoms with Gasteiger partial charge < -0.3 is 24.4 Å². The van der Waals surface area contributed by atoms with E-state index in [4.69, 9.17) is 37.7 Å². The maximum absolute atomic E-state index is 12.6. The van der Waals surface area contributed by atoms with Crippen molar-refractivity contribution in [2.75, 3.05) is 43.1 Å². The van der Waals surface area contributed by atoms with Gasteiger partial charge >= 0.3 is 5.97 Å². The molecule has 1 aliphatic heterocycles. The first-order valence-electron chi connectivity index (χ1n) is 14.6.